The van der Waals surface area contributed by atoms with Crippen LogP contribution in [0.5, 0.6) is 0 Å². The van der Waals surface area contributed by atoms with Crippen LogP contribution in [0.3, 0.4) is 0 Å². The molecule has 0 radical (unpaired) electrons. The summed E-state index contributed by atoms with van der Waals surface area (Å²) >= 11 is 6.43. The number of nitrogens with one attached hydrogen (secondary N) is 1. The third-order valence-electron chi connectivity index (χ3n) is 5.04. The first-order valence-electron chi connectivity index (χ1n) is 9.41. The van der Waals surface area contributed by atoms with Gasteiger partial charge in [-0.05, 0) is 35.6 Å². The molecule has 0 saturated heterocycles. The smallest absolute Gasteiger partial charge is 0.229 e. The number of rotatable bonds is 4. The molecule has 1 aliphatic heterocycles. The summed E-state index contributed by atoms with van der Waals surface area (Å²) < 4.78 is 2.03. The number of carbonyl (C=O) groups excluding carboxylic acids is 1. The Kier molecular flexibility index (Phi) is 4.89. The van der Waals surface area contributed by atoms with Crippen LogP contribution in [0.25, 0.3) is 11.1 Å². The number of aromatic nitrogens is 3. The molecule has 0 saturated carbocycles. The van der Waals surface area contributed by atoms with Gasteiger partial charge in [-0.2, -0.15) is 5.10 Å². The van der Waals surface area contributed by atoms with Gasteiger partial charge in [-0.15, -0.1) is 6.42 Å². The van der Waals surface area contributed by atoms with E-state index >= 15 is 0 Å². The molecule has 0 spiro atoms. The predicted molar refractivity (Wildman–Crippen MR) is 115 cm³/mol. The second-order valence-corrected chi connectivity index (χ2v) is 8.53. The van der Waals surface area contributed by atoms with Crippen molar-refractivity contribution in [2.24, 2.45) is 5.41 Å². The Hall–Kier alpha value is -3.10. The van der Waals surface area contributed by atoms with Gasteiger partial charge in [0.05, 0.1) is 17.6 Å². The Morgan fingerprint density at radius 2 is 2.14 bits per heavy atom. The minimum absolute atomic E-state index is 0.165. The summed E-state index contributed by atoms with van der Waals surface area (Å²) in [6.45, 7) is 5.33. The van der Waals surface area contributed by atoms with E-state index in [1.54, 1.807) is 12.3 Å². The van der Waals surface area contributed by atoms with Crippen LogP contribution >= 0.6 is 11.6 Å². The highest BCUT2D eigenvalue weighted by Gasteiger charge is 2.32. The molecular weight excluding hydrogens is 384 g/mol. The maximum Gasteiger partial charge on any atom is 0.229 e. The summed E-state index contributed by atoms with van der Waals surface area (Å²) in [7, 11) is 0. The van der Waals surface area contributed by atoms with E-state index < -0.39 is 0 Å². The largest absolute Gasteiger partial charge is 0.310 e. The number of benzene rings is 1. The highest BCUT2D eigenvalue weighted by atomic mass is 35.5. The van der Waals surface area contributed by atoms with Gasteiger partial charge in [0.2, 0.25) is 5.91 Å². The van der Waals surface area contributed by atoms with Crippen LogP contribution in [0.2, 0.25) is 5.02 Å². The predicted octanol–water partition coefficient (Wildman–Crippen LogP) is 4.34. The van der Waals surface area contributed by atoms with Crippen molar-refractivity contribution in [1.29, 1.82) is 0 Å². The minimum Gasteiger partial charge on any atom is -0.310 e. The number of pyridine rings is 1. The van der Waals surface area contributed by atoms with E-state index in [0.29, 0.717) is 10.8 Å². The molecule has 5 nitrogen and oxygen atoms in total. The van der Waals surface area contributed by atoms with Crippen molar-refractivity contribution in [3.05, 3.63) is 64.6 Å². The van der Waals surface area contributed by atoms with Crippen LogP contribution < -0.4 is 5.32 Å². The maximum absolute atomic E-state index is 12.5. The molecule has 0 unspecified atom stereocenters. The molecule has 1 amide bonds. The second-order valence-electron chi connectivity index (χ2n) is 8.12. The van der Waals surface area contributed by atoms with Crippen LogP contribution in [0.4, 0.5) is 5.82 Å². The summed E-state index contributed by atoms with van der Waals surface area (Å²) in [5, 5.41) is 7.89. The number of hydrogen-bond acceptors (Lipinski definition) is 3. The zero-order valence-corrected chi connectivity index (χ0v) is 17.1. The summed E-state index contributed by atoms with van der Waals surface area (Å²) in [4.78, 5) is 16.7. The fourth-order valence-electron chi connectivity index (χ4n) is 3.73. The van der Waals surface area contributed by atoms with Crippen molar-refractivity contribution >= 4 is 23.3 Å². The first kappa shape index (κ1) is 19.2. The molecule has 1 aromatic carbocycles. The van der Waals surface area contributed by atoms with E-state index in [-0.39, 0.29) is 17.7 Å². The summed E-state index contributed by atoms with van der Waals surface area (Å²) in [5.41, 5.74) is 4.74. The lowest BCUT2D eigenvalue weighted by Crippen LogP contribution is -2.15. The van der Waals surface area contributed by atoms with E-state index in [1.165, 1.54) is 0 Å². The Morgan fingerprint density at radius 3 is 2.93 bits per heavy atom. The van der Waals surface area contributed by atoms with Crippen molar-refractivity contribution in [1.82, 2.24) is 14.8 Å². The third kappa shape index (κ3) is 4.03. The Labute approximate surface area is 175 Å². The van der Waals surface area contributed by atoms with Crippen LogP contribution in [-0.2, 0) is 24.2 Å². The standard InChI is InChI=1S/C23H21ClN4O/c1-4-15-6-5-7-16(8-15)9-22(29)27-21-10-17(19(24)13-25-21)18-12-26-28-14-23(2,3)11-20(18)28/h1,5-8,10,12-13H,9,11,14H2,2-3H3,(H,25,27,29). The van der Waals surface area contributed by atoms with Crippen molar-refractivity contribution < 1.29 is 4.79 Å². The number of fused-ring (bicyclic) bond motifs is 1. The maximum atomic E-state index is 12.5. The Bertz CT molecular complexity index is 1140. The summed E-state index contributed by atoms with van der Waals surface area (Å²) in [6.07, 6.45) is 9.97. The molecule has 1 aliphatic rings. The lowest BCUT2D eigenvalue weighted by molar-refractivity contribution is -0.115. The molecule has 0 fully saturated rings. The van der Waals surface area contributed by atoms with Gasteiger partial charge in [-0.25, -0.2) is 4.98 Å². The number of hydrogen-bond donors (Lipinski definition) is 1. The van der Waals surface area contributed by atoms with Crippen LogP contribution in [-0.4, -0.2) is 20.7 Å². The van der Waals surface area contributed by atoms with E-state index in [9.17, 15) is 4.79 Å². The van der Waals surface area contributed by atoms with Crippen molar-refractivity contribution in [3.8, 4) is 23.5 Å². The molecule has 0 atom stereocenters. The second kappa shape index (κ2) is 7.38. The SMILES string of the molecule is C#Cc1cccc(CC(=O)Nc2cc(-c3cnn4c3CC(C)(C)C4)c(Cl)cn2)c1. The molecule has 3 heterocycles. The fourth-order valence-corrected chi connectivity index (χ4v) is 3.94. The first-order chi connectivity index (χ1) is 13.8. The van der Waals surface area contributed by atoms with Crippen molar-refractivity contribution in [3.63, 3.8) is 0 Å². The lowest BCUT2D eigenvalue weighted by atomic mass is 9.89. The lowest BCUT2D eigenvalue weighted by Gasteiger charge is -2.14. The van der Waals surface area contributed by atoms with Crippen LogP contribution in [0, 0.1) is 17.8 Å². The van der Waals surface area contributed by atoms with Crippen molar-refractivity contribution in [2.75, 3.05) is 5.32 Å². The number of carbonyl (C=O) groups is 1. The van der Waals surface area contributed by atoms with Gasteiger partial charge in [0.1, 0.15) is 5.82 Å². The third-order valence-corrected chi connectivity index (χ3v) is 5.35. The van der Waals surface area contributed by atoms with Crippen molar-refractivity contribution in [2.45, 2.75) is 33.2 Å². The number of terminal acetylenes is 1. The number of anilines is 1. The van der Waals surface area contributed by atoms with E-state index in [2.05, 4.69) is 35.2 Å². The van der Waals surface area contributed by atoms with Gasteiger partial charge >= 0.3 is 0 Å². The van der Waals surface area contributed by atoms with E-state index in [0.717, 1.165) is 40.9 Å². The molecule has 2 aromatic heterocycles. The van der Waals surface area contributed by atoms with Gasteiger partial charge in [-0.1, -0.05) is 43.5 Å². The Morgan fingerprint density at radius 1 is 1.31 bits per heavy atom. The monoisotopic (exact) mass is 404 g/mol. The highest BCUT2D eigenvalue weighted by molar-refractivity contribution is 6.33. The Balaban J connectivity index is 1.55. The van der Waals surface area contributed by atoms with E-state index in [1.807, 2.05) is 35.1 Å². The average molecular weight is 405 g/mol. The molecular formula is C23H21ClN4O. The zero-order chi connectivity index (χ0) is 20.6. The zero-order valence-electron chi connectivity index (χ0n) is 16.4. The number of amides is 1. The van der Waals surface area contributed by atoms with Gasteiger partial charge in [0, 0.05) is 35.1 Å². The summed E-state index contributed by atoms with van der Waals surface area (Å²) in [5.74, 6) is 2.87. The van der Waals surface area contributed by atoms with Gasteiger partial charge in [0.25, 0.3) is 0 Å². The molecule has 3 aromatic rings. The van der Waals surface area contributed by atoms with E-state index in [4.69, 9.17) is 18.0 Å². The number of nitrogens with zero attached hydrogens (tertiary/aromatic N) is 3. The number of halogens is 1. The molecule has 4 rings (SSSR count). The summed E-state index contributed by atoms with van der Waals surface area (Å²) in [6, 6.07) is 9.19. The molecule has 0 bridgehead atoms. The quantitative estimate of drug-likeness (QED) is 0.658. The van der Waals surface area contributed by atoms with Gasteiger partial charge in [-0.3, -0.25) is 9.48 Å². The molecule has 6 heteroatoms. The van der Waals surface area contributed by atoms with Crippen LogP contribution in [0.15, 0.2) is 42.7 Å². The minimum atomic E-state index is -0.165. The van der Waals surface area contributed by atoms with Gasteiger partial charge < -0.3 is 5.32 Å². The van der Waals surface area contributed by atoms with Gasteiger partial charge in [0.15, 0.2) is 0 Å². The fraction of sp³-hybridized carbons (Fsp3) is 0.261. The average Bonchev–Trinajstić information content (AvgIpc) is 3.18. The first-order valence-corrected chi connectivity index (χ1v) is 9.78. The molecule has 29 heavy (non-hydrogen) atoms. The molecule has 1 N–H and O–H groups in total. The van der Waals surface area contributed by atoms with Crippen LogP contribution in [0.1, 0.15) is 30.7 Å². The highest BCUT2D eigenvalue weighted by Crippen LogP contribution is 2.39. The topological polar surface area (TPSA) is 59.8 Å². The molecule has 0 aliphatic carbocycles. The molecule has 146 valence electrons. The normalized spacial score (nSPS) is 14.3.